The number of carbonyl (C=O) groups is 8. The molecule has 1 heterocycles. The number of carboxylic acid groups (broad SMARTS) is 7. The lowest BCUT2D eigenvalue weighted by atomic mass is 9.96. The number of hydrogen-bond donors (Lipinski definition) is 14. The monoisotopic (exact) mass is 944 g/mol. The number of hydrogen-bond acceptors (Lipinski definition) is 28. The first-order valence-electron chi connectivity index (χ1n) is 12.6. The normalized spacial score (nSPS) is 12.0. The molecule has 0 amide bonds. The van der Waals surface area contributed by atoms with Crippen LogP contribution in [0.3, 0.4) is 0 Å². The minimum absolute atomic E-state index is 0. The van der Waals surface area contributed by atoms with Crippen molar-refractivity contribution in [3.05, 3.63) is 11.5 Å². The van der Waals surface area contributed by atoms with Gasteiger partial charge in [-0.1, -0.05) is 0 Å². The SMILES string of the molecule is O=C([O-])CC(O)(CC(=O)[O-])C(=O)[O-].O=C([O-])CN(CCN(CC(=O)[O-])CC(=O)[O-])CC(=O)[O-].O=C1O[C@H]([C@@H](O)CO)C(O)=C1[O-].O=S(=O)([O-])O[O-].[NH4+].[NH4+].[NH4+].[NH4+].[NH4+].[NH4+].[NH4+].[NH4+].[NH4+].[NH4+]. The van der Waals surface area contributed by atoms with Crippen LogP contribution in [0.2, 0.25) is 0 Å². The van der Waals surface area contributed by atoms with Crippen molar-refractivity contribution in [2.24, 2.45) is 0 Å². The molecule has 61 heavy (non-hydrogen) atoms. The summed E-state index contributed by atoms with van der Waals surface area (Å²) in [6.45, 7) is -3.95. The third-order valence-corrected chi connectivity index (χ3v) is 5.10. The summed E-state index contributed by atoms with van der Waals surface area (Å²) in [6, 6.07) is 0. The predicted octanol–water partition coefficient (Wildman–Crippen LogP) is -13.8. The van der Waals surface area contributed by atoms with Crippen LogP contribution in [0.5, 0.6) is 0 Å². The van der Waals surface area contributed by atoms with Gasteiger partial charge in [0.2, 0.25) is 10.4 Å². The quantitative estimate of drug-likeness (QED) is 0.0188. The van der Waals surface area contributed by atoms with Gasteiger partial charge < -0.3 is 175 Å². The summed E-state index contributed by atoms with van der Waals surface area (Å²) in [5, 5.41) is 126. The summed E-state index contributed by atoms with van der Waals surface area (Å²) in [4.78, 5) is 83.9. The van der Waals surface area contributed by atoms with Gasteiger partial charge in [0, 0.05) is 69.8 Å². The molecule has 374 valence electrons. The third-order valence-electron chi connectivity index (χ3n) is 4.94. The van der Waals surface area contributed by atoms with Crippen LogP contribution in [0.1, 0.15) is 12.8 Å². The molecule has 0 fully saturated rings. The zero-order valence-electron chi connectivity index (χ0n) is 35.1. The van der Waals surface area contributed by atoms with E-state index >= 15 is 0 Å². The van der Waals surface area contributed by atoms with Gasteiger partial charge in [-0.2, -0.15) is 0 Å². The maximum Gasteiger partial charge on any atom is 0.327 e. The second kappa shape index (κ2) is 43.9. The number of nitrogens with zero attached hydrogens (tertiary/aromatic N) is 2. The first-order valence-corrected chi connectivity index (χ1v) is 13.9. The van der Waals surface area contributed by atoms with Crippen LogP contribution in [0.15, 0.2) is 11.5 Å². The number of carboxylic acids is 7. The van der Waals surface area contributed by atoms with Gasteiger partial charge in [-0.3, -0.25) is 9.80 Å². The zero-order chi connectivity index (χ0) is 40.9. The van der Waals surface area contributed by atoms with E-state index in [1.807, 2.05) is 0 Å². The van der Waals surface area contributed by atoms with Crippen LogP contribution in [0.25, 0.3) is 0 Å². The Balaban J connectivity index is -0.0000000458. The van der Waals surface area contributed by atoms with Crippen molar-refractivity contribution in [1.29, 1.82) is 0 Å². The Labute approximate surface area is 344 Å². The van der Waals surface area contributed by atoms with Crippen LogP contribution in [0.4, 0.5) is 0 Å². The second-order valence-corrected chi connectivity index (χ2v) is 10.0. The molecule has 2 atom stereocenters. The standard InChI is InChI=1S/C10H16N2O8.C6H8O7.C6H8O6.10H3N.H2O5S/c13-7(14)3-11(4-8(15)16)1-2-12(5-9(17)18)6-10(19)20;7-3(8)1-6(13,5(11)12)2-4(9)10;7-1-2(8)5-3(9)4(10)6(11)12-5;;;;;;;;;;;1-5-6(2,3)4/h1-6H2,(H,13,14)(H,15,16)(H,17,18)(H,19,20);13H,1-2H2,(H,7,8)(H,9,10)(H,11,12);2,5,7-10H,1H2;10*1H3;1H,(H,2,3,4)/t;;2-,5+;;;;;;;;;;;/m..0.........../s1. The molecular weight excluding hydrogens is 880 g/mol. The topological polar surface area (TPSA) is 872 Å². The van der Waals surface area contributed by atoms with E-state index in [9.17, 15) is 79.2 Å². The van der Waals surface area contributed by atoms with E-state index in [0.717, 1.165) is 9.80 Å². The van der Waals surface area contributed by atoms with Crippen molar-refractivity contribution in [2.75, 3.05) is 45.9 Å². The number of aliphatic carboxylic acids is 7. The molecule has 0 saturated heterocycles. The molecule has 1 aliphatic heterocycles. The van der Waals surface area contributed by atoms with Gasteiger partial charge in [0.15, 0.2) is 6.10 Å². The van der Waals surface area contributed by atoms with E-state index in [1.54, 1.807) is 0 Å². The molecule has 44 N–H and O–H groups in total. The van der Waals surface area contributed by atoms with Gasteiger partial charge in [-0.15, -0.1) is 0 Å². The maximum atomic E-state index is 10.6. The molecule has 1 aliphatic rings. The van der Waals surface area contributed by atoms with Crippen LogP contribution < -0.4 is 108 Å². The lowest BCUT2D eigenvalue weighted by Gasteiger charge is -2.29. The first kappa shape index (κ1) is 91.1. The van der Waals surface area contributed by atoms with Crippen molar-refractivity contribution in [3.63, 3.8) is 0 Å². The molecule has 0 spiro atoms. The number of quaternary nitrogens is 10. The minimum Gasteiger partial charge on any atom is -0.865 e. The van der Waals surface area contributed by atoms with E-state index < -0.39 is 133 Å². The van der Waals surface area contributed by atoms with Gasteiger partial charge in [0.05, 0.1) is 36.5 Å². The summed E-state index contributed by atoms with van der Waals surface area (Å²) in [5.74, 6) is -15.4. The van der Waals surface area contributed by atoms with Crippen LogP contribution in [-0.2, 0) is 57.8 Å². The number of esters is 1. The Hall–Kier alpha value is -5.67. The Kier molecular flexibility index (Phi) is 65.6. The molecule has 0 radical (unpaired) electrons. The van der Waals surface area contributed by atoms with Gasteiger partial charge >= 0.3 is 5.97 Å². The molecule has 0 unspecified atom stereocenters. The fourth-order valence-corrected chi connectivity index (χ4v) is 2.94. The van der Waals surface area contributed by atoms with E-state index in [1.165, 1.54) is 0 Å². The molecule has 0 aliphatic carbocycles. The number of aliphatic hydroxyl groups is 4. The highest BCUT2D eigenvalue weighted by Gasteiger charge is 2.34. The number of rotatable bonds is 19. The Morgan fingerprint density at radius 3 is 1.08 bits per heavy atom. The number of ether oxygens (including phenoxy) is 1. The van der Waals surface area contributed by atoms with Gasteiger partial charge in [0.25, 0.3) is 0 Å². The fourth-order valence-electron chi connectivity index (χ4n) is 2.94. The summed E-state index contributed by atoms with van der Waals surface area (Å²) >= 11 is 0. The van der Waals surface area contributed by atoms with Crippen LogP contribution >= 0.6 is 0 Å². The summed E-state index contributed by atoms with van der Waals surface area (Å²) < 4.78 is 33.1. The van der Waals surface area contributed by atoms with E-state index in [4.69, 9.17) is 38.7 Å². The summed E-state index contributed by atoms with van der Waals surface area (Å²) in [7, 11) is -4.97. The van der Waals surface area contributed by atoms with Crippen molar-refractivity contribution >= 4 is 58.2 Å². The minimum atomic E-state index is -4.97. The summed E-state index contributed by atoms with van der Waals surface area (Å²) in [6.07, 6.45) is -5.59. The molecule has 0 saturated carbocycles. The van der Waals surface area contributed by atoms with Gasteiger partial charge in [-0.25, -0.2) is 13.2 Å². The average Bonchev–Trinajstić information content (AvgIpc) is 3.21. The highest BCUT2D eigenvalue weighted by Crippen LogP contribution is 2.19. The lowest BCUT2D eigenvalue weighted by Crippen LogP contribution is -2.54. The average molecular weight is 945 g/mol. The largest absolute Gasteiger partial charge is 0.865 e. The predicted molar refractivity (Wildman–Crippen MR) is 185 cm³/mol. The fraction of sp³-hybridized carbons (Fsp3) is 0.545. The maximum absolute atomic E-state index is 10.6. The lowest BCUT2D eigenvalue weighted by molar-refractivity contribution is -0.637. The molecule has 38 nitrogen and oxygen atoms in total. The van der Waals surface area contributed by atoms with Gasteiger partial charge in [0.1, 0.15) is 17.5 Å². The number of carbonyl (C=O) groups excluding carboxylic acids is 8. The number of aliphatic hydroxyl groups excluding tert-OH is 3. The second-order valence-electron chi connectivity index (χ2n) is 9.09. The van der Waals surface area contributed by atoms with Crippen molar-refractivity contribution < 1.29 is 127 Å². The van der Waals surface area contributed by atoms with E-state index in [0.29, 0.717) is 0 Å². The van der Waals surface area contributed by atoms with Gasteiger partial charge in [-0.05, 0) is 0 Å². The Morgan fingerprint density at radius 1 is 0.672 bits per heavy atom. The molecule has 0 bridgehead atoms. The molecule has 0 aromatic carbocycles. The molecule has 0 aromatic rings. The first-order chi connectivity index (χ1) is 23.1. The highest BCUT2D eigenvalue weighted by atomic mass is 32.3. The molecule has 1 rings (SSSR count). The van der Waals surface area contributed by atoms with Crippen molar-refractivity contribution in [1.82, 2.24) is 71.3 Å². The zero-order valence-corrected chi connectivity index (χ0v) is 35.9. The van der Waals surface area contributed by atoms with Crippen molar-refractivity contribution in [2.45, 2.75) is 30.7 Å². The van der Waals surface area contributed by atoms with Crippen LogP contribution in [-0.4, -0.2) is 155 Å². The van der Waals surface area contributed by atoms with Crippen LogP contribution in [0, 0.1) is 0 Å². The summed E-state index contributed by atoms with van der Waals surface area (Å²) in [5.41, 5.74) is -2.97. The molecule has 0 aromatic heterocycles. The molecular formula is C22H64N12O26S. The third kappa shape index (κ3) is 46.9. The van der Waals surface area contributed by atoms with Crippen molar-refractivity contribution in [3.8, 4) is 0 Å². The number of cyclic esters (lactones) is 1. The Bertz CT molecular complexity index is 1320. The van der Waals surface area contributed by atoms with E-state index in [-0.39, 0.29) is 74.6 Å². The Morgan fingerprint density at radius 2 is 0.934 bits per heavy atom. The van der Waals surface area contributed by atoms with E-state index in [2.05, 4.69) is 9.07 Å². The highest BCUT2D eigenvalue weighted by molar-refractivity contribution is 7.80. The smallest absolute Gasteiger partial charge is 0.327 e. The molecule has 39 heteroatoms.